The Morgan fingerprint density at radius 3 is 2.15 bits per heavy atom. The standard InChI is InChI=1S/C23H27Cl2N3O5S/c1-5-21(23(31)26-3)27(13-18-19(24)10-7-11-20(18)25)22(30)14-28(34(4,32)33)17-9-6-8-16(12-17)15(2)29/h6-12,21H,5,13-14H2,1-4H3,(H,26,31)/t21-/m0/s1. The van der Waals surface area contributed by atoms with Crippen molar-refractivity contribution in [3.63, 3.8) is 0 Å². The summed E-state index contributed by atoms with van der Waals surface area (Å²) >= 11 is 12.6. The number of sulfonamides is 1. The lowest BCUT2D eigenvalue weighted by molar-refractivity contribution is -0.140. The molecule has 0 saturated carbocycles. The molecule has 2 rings (SSSR count). The van der Waals surface area contributed by atoms with Crippen molar-refractivity contribution in [1.29, 1.82) is 0 Å². The van der Waals surface area contributed by atoms with Crippen LogP contribution in [-0.4, -0.2) is 56.8 Å². The number of carbonyl (C=O) groups is 3. The zero-order chi connectivity index (χ0) is 25.6. The number of benzene rings is 2. The van der Waals surface area contributed by atoms with Crippen LogP contribution >= 0.6 is 23.2 Å². The molecule has 1 atom stereocenters. The van der Waals surface area contributed by atoms with Gasteiger partial charge in [0, 0.05) is 34.8 Å². The van der Waals surface area contributed by atoms with Gasteiger partial charge in [0.1, 0.15) is 12.6 Å². The van der Waals surface area contributed by atoms with E-state index in [2.05, 4.69) is 5.32 Å². The van der Waals surface area contributed by atoms with Gasteiger partial charge in [-0.25, -0.2) is 8.42 Å². The van der Waals surface area contributed by atoms with E-state index in [0.29, 0.717) is 21.2 Å². The number of nitrogens with zero attached hydrogens (tertiary/aromatic N) is 2. The average molecular weight is 528 g/mol. The van der Waals surface area contributed by atoms with E-state index in [-0.39, 0.29) is 24.4 Å². The van der Waals surface area contributed by atoms with Gasteiger partial charge < -0.3 is 10.2 Å². The van der Waals surface area contributed by atoms with Gasteiger partial charge in [-0.05, 0) is 37.6 Å². The highest BCUT2D eigenvalue weighted by Gasteiger charge is 2.32. The summed E-state index contributed by atoms with van der Waals surface area (Å²) < 4.78 is 26.1. The Morgan fingerprint density at radius 2 is 1.65 bits per heavy atom. The number of rotatable bonds is 10. The van der Waals surface area contributed by atoms with E-state index in [1.54, 1.807) is 31.2 Å². The van der Waals surface area contributed by atoms with Crippen molar-refractivity contribution in [2.45, 2.75) is 32.9 Å². The minimum Gasteiger partial charge on any atom is -0.357 e. The van der Waals surface area contributed by atoms with Crippen molar-refractivity contribution < 1.29 is 22.8 Å². The zero-order valence-corrected chi connectivity index (χ0v) is 21.7. The first-order valence-electron chi connectivity index (χ1n) is 10.4. The van der Waals surface area contributed by atoms with E-state index in [0.717, 1.165) is 10.6 Å². The molecular weight excluding hydrogens is 501 g/mol. The van der Waals surface area contributed by atoms with Gasteiger partial charge in [0.15, 0.2) is 5.78 Å². The van der Waals surface area contributed by atoms with Crippen LogP contribution in [0.2, 0.25) is 10.0 Å². The third-order valence-electron chi connectivity index (χ3n) is 5.24. The number of anilines is 1. The normalized spacial score (nSPS) is 12.1. The lowest BCUT2D eigenvalue weighted by Gasteiger charge is -2.33. The summed E-state index contributed by atoms with van der Waals surface area (Å²) in [5, 5.41) is 3.16. The molecule has 2 aromatic rings. The Bertz CT molecular complexity index is 1170. The molecule has 0 saturated heterocycles. The minimum atomic E-state index is -3.91. The Labute approximate surface area is 209 Å². The summed E-state index contributed by atoms with van der Waals surface area (Å²) in [5.74, 6) is -1.30. The molecule has 2 aromatic carbocycles. The van der Waals surface area contributed by atoms with Gasteiger partial charge in [-0.15, -0.1) is 0 Å². The highest BCUT2D eigenvalue weighted by atomic mass is 35.5. The molecule has 0 fully saturated rings. The molecule has 0 aromatic heterocycles. The highest BCUT2D eigenvalue weighted by Crippen LogP contribution is 2.28. The summed E-state index contributed by atoms with van der Waals surface area (Å²) in [4.78, 5) is 39.2. The Morgan fingerprint density at radius 1 is 1.06 bits per heavy atom. The maximum Gasteiger partial charge on any atom is 0.244 e. The second-order valence-corrected chi connectivity index (χ2v) is 10.4. The van der Waals surface area contributed by atoms with Crippen LogP contribution in [0.4, 0.5) is 5.69 Å². The summed E-state index contributed by atoms with van der Waals surface area (Å²) in [6.45, 7) is 2.41. The molecule has 8 nitrogen and oxygen atoms in total. The van der Waals surface area contributed by atoms with Crippen LogP contribution in [0.3, 0.4) is 0 Å². The number of hydrogen-bond acceptors (Lipinski definition) is 5. The van der Waals surface area contributed by atoms with Gasteiger partial charge in [0.2, 0.25) is 21.8 Å². The first-order valence-corrected chi connectivity index (χ1v) is 13.0. The van der Waals surface area contributed by atoms with Gasteiger partial charge in [-0.2, -0.15) is 0 Å². The van der Waals surface area contributed by atoms with Crippen LogP contribution in [-0.2, 0) is 26.2 Å². The fraction of sp³-hybridized carbons (Fsp3) is 0.348. The quantitative estimate of drug-likeness (QED) is 0.476. The second kappa shape index (κ2) is 11.7. The number of amides is 2. The lowest BCUT2D eigenvalue weighted by atomic mass is 10.1. The first kappa shape index (κ1) is 27.6. The molecule has 0 aliphatic carbocycles. The van der Waals surface area contributed by atoms with Crippen LogP contribution in [0.1, 0.15) is 36.2 Å². The van der Waals surface area contributed by atoms with Crippen molar-refractivity contribution in [3.8, 4) is 0 Å². The monoisotopic (exact) mass is 527 g/mol. The molecule has 0 aliphatic heterocycles. The average Bonchev–Trinajstić information content (AvgIpc) is 2.78. The zero-order valence-electron chi connectivity index (χ0n) is 19.3. The predicted molar refractivity (Wildman–Crippen MR) is 134 cm³/mol. The summed E-state index contributed by atoms with van der Waals surface area (Å²) in [6, 6.07) is 9.98. The number of halogens is 2. The number of hydrogen-bond donors (Lipinski definition) is 1. The van der Waals surface area contributed by atoms with Gasteiger partial charge in [-0.3, -0.25) is 18.7 Å². The molecule has 0 bridgehead atoms. The van der Waals surface area contributed by atoms with Crippen LogP contribution in [0.25, 0.3) is 0 Å². The molecule has 34 heavy (non-hydrogen) atoms. The minimum absolute atomic E-state index is 0.103. The molecule has 1 N–H and O–H groups in total. The number of nitrogens with one attached hydrogen (secondary N) is 1. The SMILES string of the molecule is CC[C@@H](C(=O)NC)N(Cc1c(Cl)cccc1Cl)C(=O)CN(c1cccc(C(C)=O)c1)S(C)(=O)=O. The maximum atomic E-state index is 13.5. The van der Waals surface area contributed by atoms with Crippen molar-refractivity contribution in [3.05, 3.63) is 63.6 Å². The highest BCUT2D eigenvalue weighted by molar-refractivity contribution is 7.92. The molecule has 0 spiro atoms. The van der Waals surface area contributed by atoms with Gasteiger partial charge in [-0.1, -0.05) is 48.3 Å². The third-order valence-corrected chi connectivity index (χ3v) is 7.09. The molecule has 0 aliphatic rings. The molecule has 0 heterocycles. The molecule has 0 radical (unpaired) electrons. The van der Waals surface area contributed by atoms with Crippen molar-refractivity contribution in [2.24, 2.45) is 0 Å². The molecule has 2 amide bonds. The molecule has 184 valence electrons. The van der Waals surface area contributed by atoms with E-state index >= 15 is 0 Å². The summed E-state index contributed by atoms with van der Waals surface area (Å²) in [6.07, 6.45) is 1.23. The van der Waals surface area contributed by atoms with Crippen molar-refractivity contribution >= 4 is 56.5 Å². The van der Waals surface area contributed by atoms with E-state index < -0.39 is 34.4 Å². The predicted octanol–water partition coefficient (Wildman–Crippen LogP) is 3.52. The molecule has 0 unspecified atom stereocenters. The van der Waals surface area contributed by atoms with E-state index in [1.807, 2.05) is 0 Å². The van der Waals surface area contributed by atoms with Crippen molar-refractivity contribution in [2.75, 3.05) is 24.2 Å². The largest absolute Gasteiger partial charge is 0.357 e. The maximum absolute atomic E-state index is 13.5. The third kappa shape index (κ3) is 6.71. The Kier molecular flexibility index (Phi) is 9.49. The van der Waals surface area contributed by atoms with Crippen LogP contribution in [0.5, 0.6) is 0 Å². The smallest absolute Gasteiger partial charge is 0.244 e. The summed E-state index contributed by atoms with van der Waals surface area (Å²) in [7, 11) is -2.46. The van der Waals surface area contributed by atoms with Gasteiger partial charge >= 0.3 is 0 Å². The molecular formula is C23H27Cl2N3O5S. The Hall–Kier alpha value is -2.62. The van der Waals surface area contributed by atoms with E-state index in [4.69, 9.17) is 23.2 Å². The fourth-order valence-electron chi connectivity index (χ4n) is 3.43. The topological polar surface area (TPSA) is 104 Å². The van der Waals surface area contributed by atoms with E-state index in [1.165, 1.54) is 37.1 Å². The number of likely N-dealkylation sites (N-methyl/N-ethyl adjacent to an activating group) is 1. The van der Waals surface area contributed by atoms with Crippen LogP contribution < -0.4 is 9.62 Å². The van der Waals surface area contributed by atoms with Crippen molar-refractivity contribution in [1.82, 2.24) is 10.2 Å². The Balaban J connectivity index is 2.52. The van der Waals surface area contributed by atoms with Crippen LogP contribution in [0.15, 0.2) is 42.5 Å². The lowest BCUT2D eigenvalue weighted by Crippen LogP contribution is -2.51. The van der Waals surface area contributed by atoms with Gasteiger partial charge in [0.25, 0.3) is 0 Å². The van der Waals surface area contributed by atoms with Crippen LogP contribution in [0, 0.1) is 0 Å². The number of carbonyl (C=O) groups excluding carboxylic acids is 3. The fourth-order valence-corrected chi connectivity index (χ4v) is 4.79. The second-order valence-electron chi connectivity index (χ2n) is 7.64. The van der Waals surface area contributed by atoms with Gasteiger partial charge in [0.05, 0.1) is 11.9 Å². The molecule has 11 heteroatoms. The van der Waals surface area contributed by atoms with E-state index in [9.17, 15) is 22.8 Å². The summed E-state index contributed by atoms with van der Waals surface area (Å²) in [5.41, 5.74) is 0.897. The first-order chi connectivity index (χ1) is 15.9. The number of Topliss-reactive ketones (excluding diaryl/α,β-unsaturated/α-hetero) is 1. The number of ketones is 1.